The van der Waals surface area contributed by atoms with Gasteiger partial charge in [0.25, 0.3) is 0 Å². The summed E-state index contributed by atoms with van der Waals surface area (Å²) in [6.07, 6.45) is 6.99. The van der Waals surface area contributed by atoms with Gasteiger partial charge in [-0.1, -0.05) is 51.2 Å². The zero-order valence-electron chi connectivity index (χ0n) is 15.4. The maximum Gasteiger partial charge on any atom is 0.471 e. The third kappa shape index (κ3) is 11.3. The van der Waals surface area contributed by atoms with Gasteiger partial charge in [0, 0.05) is 0 Å². The van der Waals surface area contributed by atoms with E-state index < -0.39 is 20.4 Å². The van der Waals surface area contributed by atoms with Crippen LogP contribution in [0.5, 0.6) is 5.75 Å². The molecule has 0 aromatic heterocycles. The average molecular weight is 374 g/mol. The number of ether oxygens (including phenoxy) is 2. The summed E-state index contributed by atoms with van der Waals surface area (Å²) in [5.74, 6) is 0.641. The van der Waals surface area contributed by atoms with E-state index >= 15 is 0 Å². The van der Waals surface area contributed by atoms with Gasteiger partial charge >= 0.3 is 7.82 Å². The van der Waals surface area contributed by atoms with Gasteiger partial charge in [0.05, 0.1) is 0 Å². The van der Waals surface area contributed by atoms with Crippen molar-refractivity contribution in [3.8, 4) is 5.75 Å². The van der Waals surface area contributed by atoms with Gasteiger partial charge in [-0.3, -0.25) is 4.52 Å². The van der Waals surface area contributed by atoms with Crippen LogP contribution in [0.1, 0.15) is 64.9 Å². The molecule has 0 heterocycles. The molecule has 0 radical (unpaired) electrons. The number of unbranched alkanes of at least 4 members (excludes halogenated alkanes) is 5. The second-order valence-electron chi connectivity index (χ2n) is 6.15. The number of benzene rings is 1. The van der Waals surface area contributed by atoms with E-state index in [1.54, 1.807) is 6.92 Å². The van der Waals surface area contributed by atoms with Crippen LogP contribution < -0.4 is 4.74 Å². The lowest BCUT2D eigenvalue weighted by molar-refractivity contribution is -0.173. The SMILES string of the molecule is CCCCCCCCc1ccc(OC(C)OC(C)OP(=O)(O)O)cc1. The van der Waals surface area contributed by atoms with Gasteiger partial charge in [0.1, 0.15) is 5.75 Å². The maximum atomic E-state index is 10.7. The Morgan fingerprint density at radius 1 is 0.960 bits per heavy atom. The Bertz CT molecular complexity index is 513. The predicted octanol–water partition coefficient (Wildman–Crippen LogP) is 4.79. The third-order valence-electron chi connectivity index (χ3n) is 3.71. The van der Waals surface area contributed by atoms with Gasteiger partial charge in [-0.05, 0) is 44.4 Å². The predicted molar refractivity (Wildman–Crippen MR) is 97.3 cm³/mol. The first-order chi connectivity index (χ1) is 11.8. The normalized spacial score (nSPS) is 14.3. The van der Waals surface area contributed by atoms with Crippen molar-refractivity contribution in [2.75, 3.05) is 0 Å². The average Bonchev–Trinajstić information content (AvgIpc) is 2.50. The highest BCUT2D eigenvalue weighted by atomic mass is 31.2. The molecule has 1 rings (SSSR count). The number of hydrogen-bond acceptors (Lipinski definition) is 4. The van der Waals surface area contributed by atoms with Crippen molar-refractivity contribution in [1.82, 2.24) is 0 Å². The molecular weight excluding hydrogens is 343 g/mol. The highest BCUT2D eigenvalue weighted by Gasteiger charge is 2.21. The molecule has 1 aromatic carbocycles. The summed E-state index contributed by atoms with van der Waals surface area (Å²) >= 11 is 0. The number of rotatable bonds is 13. The summed E-state index contributed by atoms with van der Waals surface area (Å²) < 4.78 is 25.9. The first-order valence-electron chi connectivity index (χ1n) is 8.95. The molecule has 0 aliphatic rings. The number of phosphoric ester groups is 1. The molecule has 2 unspecified atom stereocenters. The number of aryl methyl sites for hydroxylation is 1. The zero-order valence-corrected chi connectivity index (χ0v) is 16.3. The highest BCUT2D eigenvalue weighted by molar-refractivity contribution is 7.46. The minimum Gasteiger partial charge on any atom is -0.465 e. The molecule has 0 saturated heterocycles. The fourth-order valence-electron chi connectivity index (χ4n) is 2.55. The van der Waals surface area contributed by atoms with E-state index in [-0.39, 0.29) is 0 Å². The Hall–Kier alpha value is -0.910. The van der Waals surface area contributed by atoms with Crippen molar-refractivity contribution in [3.63, 3.8) is 0 Å². The summed E-state index contributed by atoms with van der Waals surface area (Å²) in [5, 5.41) is 0. The van der Waals surface area contributed by atoms with E-state index in [0.717, 1.165) is 6.42 Å². The van der Waals surface area contributed by atoms with Gasteiger partial charge < -0.3 is 19.3 Å². The van der Waals surface area contributed by atoms with E-state index in [1.807, 2.05) is 24.3 Å². The fraction of sp³-hybridized carbons (Fsp3) is 0.667. The molecule has 1 aromatic rings. The van der Waals surface area contributed by atoms with Crippen molar-refractivity contribution in [1.29, 1.82) is 0 Å². The molecule has 2 N–H and O–H groups in total. The lowest BCUT2D eigenvalue weighted by atomic mass is 10.0. The zero-order chi connectivity index (χ0) is 18.7. The standard InChI is InChI=1S/C18H31O6P/c1-4-5-6-7-8-9-10-17-11-13-18(14-12-17)23-15(2)22-16(3)24-25(19,20)21/h11-16H,4-10H2,1-3H3,(H2,19,20,21). The number of hydrogen-bond donors (Lipinski definition) is 2. The molecule has 0 saturated carbocycles. The van der Waals surface area contributed by atoms with E-state index in [2.05, 4.69) is 11.4 Å². The van der Waals surface area contributed by atoms with Gasteiger partial charge in [0.2, 0.25) is 0 Å². The van der Waals surface area contributed by atoms with Crippen LogP contribution in [-0.4, -0.2) is 22.4 Å². The summed E-state index contributed by atoms with van der Waals surface area (Å²) in [6, 6.07) is 7.81. The Balaban J connectivity index is 2.30. The Morgan fingerprint density at radius 2 is 1.56 bits per heavy atom. The molecule has 7 heteroatoms. The summed E-state index contributed by atoms with van der Waals surface area (Å²) in [5.41, 5.74) is 1.27. The molecule has 0 spiro atoms. The Morgan fingerprint density at radius 3 is 2.16 bits per heavy atom. The lowest BCUT2D eigenvalue weighted by Gasteiger charge is -2.20. The van der Waals surface area contributed by atoms with Crippen LogP contribution in [0.4, 0.5) is 0 Å². The minimum absolute atomic E-state index is 0.641. The number of phosphoric acid groups is 1. The van der Waals surface area contributed by atoms with Crippen LogP contribution in [0.2, 0.25) is 0 Å². The molecule has 144 valence electrons. The second kappa shape index (κ2) is 11.7. The molecule has 0 bridgehead atoms. The second-order valence-corrected chi connectivity index (χ2v) is 7.34. The molecule has 0 amide bonds. The van der Waals surface area contributed by atoms with Gasteiger partial charge in [-0.15, -0.1) is 0 Å². The maximum absolute atomic E-state index is 10.7. The molecule has 6 nitrogen and oxygen atoms in total. The Labute approximate surface area is 150 Å². The molecule has 0 fully saturated rings. The van der Waals surface area contributed by atoms with E-state index in [0.29, 0.717) is 5.75 Å². The Kier molecular flexibility index (Phi) is 10.3. The topological polar surface area (TPSA) is 85.2 Å². The molecular formula is C18H31O6P. The largest absolute Gasteiger partial charge is 0.471 e. The van der Waals surface area contributed by atoms with Gasteiger partial charge in [0.15, 0.2) is 12.6 Å². The third-order valence-corrected chi connectivity index (χ3v) is 4.28. The minimum atomic E-state index is -4.57. The van der Waals surface area contributed by atoms with Crippen molar-refractivity contribution in [2.45, 2.75) is 78.3 Å². The molecule has 0 aliphatic heterocycles. The van der Waals surface area contributed by atoms with Crippen LogP contribution in [0.3, 0.4) is 0 Å². The monoisotopic (exact) mass is 374 g/mol. The summed E-state index contributed by atoms with van der Waals surface area (Å²) in [7, 11) is -4.57. The first kappa shape index (κ1) is 22.1. The summed E-state index contributed by atoms with van der Waals surface area (Å²) in [4.78, 5) is 17.4. The molecule has 0 aliphatic carbocycles. The van der Waals surface area contributed by atoms with Crippen molar-refractivity contribution < 1.29 is 28.3 Å². The first-order valence-corrected chi connectivity index (χ1v) is 10.5. The van der Waals surface area contributed by atoms with Crippen LogP contribution >= 0.6 is 7.82 Å². The van der Waals surface area contributed by atoms with Crippen LogP contribution in [-0.2, 0) is 20.2 Å². The fourth-order valence-corrected chi connectivity index (χ4v) is 2.99. The smallest absolute Gasteiger partial charge is 0.465 e. The van der Waals surface area contributed by atoms with E-state index in [1.165, 1.54) is 51.0 Å². The van der Waals surface area contributed by atoms with Crippen LogP contribution in [0.25, 0.3) is 0 Å². The summed E-state index contributed by atoms with van der Waals surface area (Å²) in [6.45, 7) is 5.27. The van der Waals surface area contributed by atoms with E-state index in [4.69, 9.17) is 19.3 Å². The molecule has 25 heavy (non-hydrogen) atoms. The highest BCUT2D eigenvalue weighted by Crippen LogP contribution is 2.37. The van der Waals surface area contributed by atoms with Crippen molar-refractivity contribution >= 4 is 7.82 Å². The quantitative estimate of drug-likeness (QED) is 0.293. The molecule has 2 atom stereocenters. The van der Waals surface area contributed by atoms with Crippen LogP contribution in [0.15, 0.2) is 24.3 Å². The lowest BCUT2D eigenvalue weighted by Crippen LogP contribution is -2.23. The van der Waals surface area contributed by atoms with Crippen molar-refractivity contribution in [3.05, 3.63) is 29.8 Å². The van der Waals surface area contributed by atoms with Crippen molar-refractivity contribution in [2.24, 2.45) is 0 Å². The van der Waals surface area contributed by atoms with E-state index in [9.17, 15) is 4.57 Å². The van der Waals surface area contributed by atoms with Crippen LogP contribution in [0, 0.1) is 0 Å². The van der Waals surface area contributed by atoms with Gasteiger partial charge in [-0.25, -0.2) is 4.57 Å². The van der Waals surface area contributed by atoms with Gasteiger partial charge in [-0.2, -0.15) is 0 Å².